The van der Waals surface area contributed by atoms with Crippen LogP contribution in [0.3, 0.4) is 0 Å². The summed E-state index contributed by atoms with van der Waals surface area (Å²) in [6, 6.07) is 12.3. The van der Waals surface area contributed by atoms with Gasteiger partial charge in [-0.3, -0.25) is 4.55 Å². The first kappa shape index (κ1) is 13.5. The normalized spacial score (nSPS) is 11.5. The fraction of sp³-hybridized carbons (Fsp3) is 0.0769. The Balaban J connectivity index is 2.84. The molecule has 94 valence electrons. The molecule has 0 saturated heterocycles. The van der Waals surface area contributed by atoms with Gasteiger partial charge in [-0.25, -0.2) is 0 Å². The third-order valence-corrected chi connectivity index (χ3v) is 4.92. The Hall–Kier alpha value is -0.920. The maximum atomic E-state index is 11.4. The van der Waals surface area contributed by atoms with Crippen molar-refractivity contribution >= 4 is 32.7 Å². The fourth-order valence-electron chi connectivity index (χ4n) is 1.75. The van der Waals surface area contributed by atoms with Crippen LogP contribution >= 0.6 is 22.6 Å². The van der Waals surface area contributed by atoms with Crippen molar-refractivity contribution in [1.82, 2.24) is 0 Å². The predicted octanol–water partition coefficient (Wildman–Crippen LogP) is 3.51. The quantitative estimate of drug-likeness (QED) is 0.647. The van der Waals surface area contributed by atoms with E-state index in [-0.39, 0.29) is 4.90 Å². The molecule has 2 aromatic rings. The van der Waals surface area contributed by atoms with Crippen LogP contribution in [0.15, 0.2) is 47.4 Å². The van der Waals surface area contributed by atoms with E-state index in [0.29, 0.717) is 5.56 Å². The zero-order chi connectivity index (χ0) is 13.3. The molecule has 0 fully saturated rings. The topological polar surface area (TPSA) is 54.4 Å². The van der Waals surface area contributed by atoms with E-state index in [1.807, 2.05) is 37.3 Å². The van der Waals surface area contributed by atoms with E-state index >= 15 is 0 Å². The Morgan fingerprint density at radius 1 is 1.06 bits per heavy atom. The van der Waals surface area contributed by atoms with Crippen LogP contribution in [0.5, 0.6) is 0 Å². The lowest BCUT2D eigenvalue weighted by molar-refractivity contribution is 0.483. The van der Waals surface area contributed by atoms with Gasteiger partial charge in [0.25, 0.3) is 10.1 Å². The minimum atomic E-state index is -4.23. The van der Waals surface area contributed by atoms with Crippen LogP contribution in [0.2, 0.25) is 0 Å². The van der Waals surface area contributed by atoms with Crippen LogP contribution in [-0.4, -0.2) is 13.0 Å². The fourth-order valence-corrected chi connectivity index (χ4v) is 3.43. The number of aryl methyl sites for hydroxylation is 1. The molecule has 2 rings (SSSR count). The molecule has 3 nitrogen and oxygen atoms in total. The molecular formula is C13H11IO3S. The van der Waals surface area contributed by atoms with Crippen molar-refractivity contribution in [2.75, 3.05) is 0 Å². The summed E-state index contributed by atoms with van der Waals surface area (Å²) in [5, 5.41) is 0. The number of rotatable bonds is 2. The highest BCUT2D eigenvalue weighted by Gasteiger charge is 2.19. The Morgan fingerprint density at radius 3 is 2.22 bits per heavy atom. The van der Waals surface area contributed by atoms with E-state index in [1.54, 1.807) is 6.07 Å². The van der Waals surface area contributed by atoms with Gasteiger partial charge in [-0.15, -0.1) is 0 Å². The van der Waals surface area contributed by atoms with E-state index in [4.69, 9.17) is 0 Å². The summed E-state index contributed by atoms with van der Waals surface area (Å²) < 4.78 is 33.0. The van der Waals surface area contributed by atoms with Crippen LogP contribution in [-0.2, 0) is 10.1 Å². The summed E-state index contributed by atoms with van der Waals surface area (Å²) in [7, 11) is -4.23. The number of benzene rings is 2. The van der Waals surface area contributed by atoms with Gasteiger partial charge in [0.05, 0.1) is 0 Å². The molecule has 0 aliphatic heterocycles. The second-order valence-electron chi connectivity index (χ2n) is 3.91. The van der Waals surface area contributed by atoms with Crippen molar-refractivity contribution in [2.45, 2.75) is 11.8 Å². The Kier molecular flexibility index (Phi) is 3.74. The zero-order valence-electron chi connectivity index (χ0n) is 9.59. The lowest BCUT2D eigenvalue weighted by Gasteiger charge is -2.12. The van der Waals surface area contributed by atoms with Gasteiger partial charge in [-0.2, -0.15) is 8.42 Å². The Bertz CT molecular complexity index is 679. The van der Waals surface area contributed by atoms with Crippen LogP contribution in [0, 0.1) is 10.5 Å². The molecule has 0 aromatic heterocycles. The lowest BCUT2D eigenvalue weighted by Crippen LogP contribution is -2.03. The molecular weight excluding hydrogens is 363 g/mol. The molecule has 2 aromatic carbocycles. The third kappa shape index (κ3) is 2.57. The van der Waals surface area contributed by atoms with Crippen molar-refractivity contribution in [2.24, 2.45) is 0 Å². The minimum Gasteiger partial charge on any atom is -0.282 e. The monoisotopic (exact) mass is 374 g/mol. The standard InChI is InChI=1S/C13H11IO3S/c1-9-7-8-11(18(15,16)17)12(13(9)14)10-5-3-2-4-6-10/h2-8H,1H3,(H,15,16,17). The smallest absolute Gasteiger partial charge is 0.282 e. The van der Waals surface area contributed by atoms with E-state index in [0.717, 1.165) is 14.7 Å². The van der Waals surface area contributed by atoms with E-state index in [2.05, 4.69) is 22.6 Å². The SMILES string of the molecule is Cc1ccc(S(=O)(=O)O)c(-c2ccccc2)c1I. The molecule has 0 radical (unpaired) electrons. The van der Waals surface area contributed by atoms with E-state index in [9.17, 15) is 13.0 Å². The van der Waals surface area contributed by atoms with E-state index < -0.39 is 10.1 Å². The lowest BCUT2D eigenvalue weighted by atomic mass is 10.0. The average molecular weight is 374 g/mol. The molecule has 0 heterocycles. The molecule has 0 bridgehead atoms. The van der Waals surface area contributed by atoms with Gasteiger partial charge in [-0.05, 0) is 46.7 Å². The highest BCUT2D eigenvalue weighted by molar-refractivity contribution is 14.1. The molecule has 1 N–H and O–H groups in total. The van der Waals surface area contributed by atoms with Gasteiger partial charge >= 0.3 is 0 Å². The molecule has 0 amide bonds. The minimum absolute atomic E-state index is 0.0521. The van der Waals surface area contributed by atoms with Gasteiger partial charge in [0.1, 0.15) is 4.90 Å². The van der Waals surface area contributed by atoms with Gasteiger partial charge in [0.15, 0.2) is 0 Å². The van der Waals surface area contributed by atoms with Crippen molar-refractivity contribution in [3.05, 3.63) is 51.6 Å². The molecule has 0 unspecified atom stereocenters. The number of hydrogen-bond donors (Lipinski definition) is 1. The largest absolute Gasteiger partial charge is 0.295 e. The van der Waals surface area contributed by atoms with Gasteiger partial charge in [0.2, 0.25) is 0 Å². The first-order valence-corrected chi connectivity index (χ1v) is 7.75. The van der Waals surface area contributed by atoms with Crippen molar-refractivity contribution in [3.63, 3.8) is 0 Å². The third-order valence-electron chi connectivity index (χ3n) is 2.64. The van der Waals surface area contributed by atoms with Crippen molar-refractivity contribution in [3.8, 4) is 11.1 Å². The summed E-state index contributed by atoms with van der Waals surface area (Å²) in [5.41, 5.74) is 2.30. The van der Waals surface area contributed by atoms with Crippen LogP contribution in [0.25, 0.3) is 11.1 Å². The van der Waals surface area contributed by atoms with Crippen LogP contribution in [0.4, 0.5) is 0 Å². The highest BCUT2D eigenvalue weighted by Crippen LogP contribution is 2.33. The predicted molar refractivity (Wildman–Crippen MR) is 79.1 cm³/mol. The first-order chi connectivity index (χ1) is 8.41. The first-order valence-electron chi connectivity index (χ1n) is 5.23. The summed E-state index contributed by atoms with van der Waals surface area (Å²) in [5.74, 6) is 0. The van der Waals surface area contributed by atoms with Crippen molar-refractivity contribution in [1.29, 1.82) is 0 Å². The molecule has 0 atom stereocenters. The summed E-state index contributed by atoms with van der Waals surface area (Å²) >= 11 is 2.10. The van der Waals surface area contributed by atoms with Gasteiger partial charge in [0, 0.05) is 9.13 Å². The number of halogens is 1. The second-order valence-corrected chi connectivity index (χ2v) is 6.38. The molecule has 18 heavy (non-hydrogen) atoms. The average Bonchev–Trinajstić information content (AvgIpc) is 2.32. The molecule has 5 heteroatoms. The maximum absolute atomic E-state index is 11.4. The summed E-state index contributed by atoms with van der Waals surface area (Å²) in [6.45, 7) is 1.90. The van der Waals surface area contributed by atoms with Gasteiger partial charge in [-0.1, -0.05) is 36.4 Å². The summed E-state index contributed by atoms with van der Waals surface area (Å²) in [6.07, 6.45) is 0. The molecule has 0 saturated carbocycles. The Labute approximate surface area is 120 Å². The molecule has 0 aliphatic rings. The van der Waals surface area contributed by atoms with Crippen molar-refractivity contribution < 1.29 is 13.0 Å². The zero-order valence-corrected chi connectivity index (χ0v) is 12.6. The van der Waals surface area contributed by atoms with Crippen LogP contribution < -0.4 is 0 Å². The van der Waals surface area contributed by atoms with Gasteiger partial charge < -0.3 is 0 Å². The van der Waals surface area contributed by atoms with E-state index in [1.165, 1.54) is 6.07 Å². The van der Waals surface area contributed by atoms with Crippen LogP contribution in [0.1, 0.15) is 5.56 Å². The summed E-state index contributed by atoms with van der Waals surface area (Å²) in [4.78, 5) is -0.0521. The molecule has 0 spiro atoms. The maximum Gasteiger partial charge on any atom is 0.295 e. The highest BCUT2D eigenvalue weighted by atomic mass is 127. The number of hydrogen-bond acceptors (Lipinski definition) is 2. The molecule has 0 aliphatic carbocycles. The second kappa shape index (κ2) is 4.99. The Morgan fingerprint density at radius 2 is 1.67 bits per heavy atom.